The molecular formula is C22H21N3O2. The molecule has 0 N–H and O–H groups in total. The average molecular weight is 359 g/mol. The van der Waals surface area contributed by atoms with Crippen molar-refractivity contribution in [3.63, 3.8) is 0 Å². The first-order chi connectivity index (χ1) is 13.3. The second kappa shape index (κ2) is 6.28. The van der Waals surface area contributed by atoms with Gasteiger partial charge in [0, 0.05) is 18.5 Å². The van der Waals surface area contributed by atoms with Crippen LogP contribution in [-0.4, -0.2) is 36.2 Å². The molecule has 3 aromatic carbocycles. The number of benzene rings is 3. The number of hydrogen-bond donors (Lipinski definition) is 0. The van der Waals surface area contributed by atoms with Crippen LogP contribution >= 0.6 is 0 Å². The van der Waals surface area contributed by atoms with Gasteiger partial charge in [-0.15, -0.1) is 0 Å². The number of methoxy groups -OCH3 is 1. The van der Waals surface area contributed by atoms with Gasteiger partial charge in [-0.05, 0) is 35.6 Å². The first kappa shape index (κ1) is 16.1. The van der Waals surface area contributed by atoms with E-state index >= 15 is 0 Å². The molecule has 0 aliphatic carbocycles. The van der Waals surface area contributed by atoms with E-state index in [1.165, 1.54) is 0 Å². The van der Waals surface area contributed by atoms with E-state index in [0.717, 1.165) is 47.3 Å². The first-order valence-electron chi connectivity index (χ1n) is 9.27. The van der Waals surface area contributed by atoms with Crippen LogP contribution in [0.3, 0.4) is 0 Å². The SMILES string of the molecule is COc1ccc([C@@H]2N(c3cccc4ccccc34)C(=O)N3CCCN23)cc1. The third-order valence-corrected chi connectivity index (χ3v) is 5.46. The summed E-state index contributed by atoms with van der Waals surface area (Å²) in [6, 6.07) is 22.4. The predicted molar refractivity (Wildman–Crippen MR) is 106 cm³/mol. The summed E-state index contributed by atoms with van der Waals surface area (Å²) < 4.78 is 5.30. The molecule has 0 spiro atoms. The van der Waals surface area contributed by atoms with Gasteiger partial charge in [0.2, 0.25) is 0 Å². The van der Waals surface area contributed by atoms with Gasteiger partial charge in [-0.1, -0.05) is 48.5 Å². The van der Waals surface area contributed by atoms with Gasteiger partial charge in [-0.3, -0.25) is 9.91 Å². The molecule has 0 saturated carbocycles. The fourth-order valence-corrected chi connectivity index (χ4v) is 4.20. The number of carbonyl (C=O) groups excluding carboxylic acids is 1. The molecule has 136 valence electrons. The average Bonchev–Trinajstić information content (AvgIpc) is 3.30. The van der Waals surface area contributed by atoms with Crippen LogP contribution in [0.1, 0.15) is 18.2 Å². The monoisotopic (exact) mass is 359 g/mol. The highest BCUT2D eigenvalue weighted by atomic mass is 16.5. The number of anilines is 1. The first-order valence-corrected chi connectivity index (χ1v) is 9.27. The van der Waals surface area contributed by atoms with Crippen molar-refractivity contribution in [3.8, 4) is 5.75 Å². The van der Waals surface area contributed by atoms with Gasteiger partial charge < -0.3 is 4.74 Å². The molecule has 5 heteroatoms. The van der Waals surface area contributed by atoms with E-state index in [0.29, 0.717) is 0 Å². The lowest BCUT2D eigenvalue weighted by molar-refractivity contribution is 0.0728. The van der Waals surface area contributed by atoms with Crippen LogP contribution in [0.25, 0.3) is 10.8 Å². The number of nitrogens with zero attached hydrogens (tertiary/aromatic N) is 3. The van der Waals surface area contributed by atoms with E-state index in [1.807, 2.05) is 46.3 Å². The Morgan fingerprint density at radius 2 is 1.70 bits per heavy atom. The Bertz CT molecular complexity index is 997. The number of ether oxygens (including phenoxy) is 1. The molecule has 2 heterocycles. The summed E-state index contributed by atoms with van der Waals surface area (Å²) in [4.78, 5) is 15.3. The van der Waals surface area contributed by atoms with Crippen molar-refractivity contribution in [1.29, 1.82) is 0 Å². The molecule has 3 aromatic rings. The highest BCUT2D eigenvalue weighted by Gasteiger charge is 2.48. The molecule has 2 saturated heterocycles. The highest BCUT2D eigenvalue weighted by Crippen LogP contribution is 2.42. The lowest BCUT2D eigenvalue weighted by atomic mass is 10.1. The maximum atomic E-state index is 13.3. The Morgan fingerprint density at radius 3 is 2.52 bits per heavy atom. The van der Waals surface area contributed by atoms with E-state index in [4.69, 9.17) is 4.74 Å². The summed E-state index contributed by atoms with van der Waals surface area (Å²) in [5, 5.41) is 6.30. The molecule has 0 radical (unpaired) electrons. The summed E-state index contributed by atoms with van der Waals surface area (Å²) in [5.74, 6) is 0.818. The van der Waals surface area contributed by atoms with Crippen molar-refractivity contribution in [2.24, 2.45) is 0 Å². The lowest BCUT2D eigenvalue weighted by Crippen LogP contribution is -2.32. The molecule has 2 amide bonds. The Hall–Kier alpha value is -3.05. The molecule has 27 heavy (non-hydrogen) atoms. The van der Waals surface area contributed by atoms with E-state index < -0.39 is 0 Å². The summed E-state index contributed by atoms with van der Waals surface area (Å²) >= 11 is 0. The molecule has 0 aromatic heterocycles. The van der Waals surface area contributed by atoms with Gasteiger partial charge in [-0.25, -0.2) is 4.79 Å². The molecule has 0 unspecified atom stereocenters. The summed E-state index contributed by atoms with van der Waals surface area (Å²) in [7, 11) is 1.67. The molecule has 0 bridgehead atoms. The van der Waals surface area contributed by atoms with Gasteiger partial charge in [0.05, 0.1) is 12.8 Å². The third-order valence-electron chi connectivity index (χ3n) is 5.46. The molecule has 5 rings (SSSR count). The number of fused-ring (bicyclic) bond motifs is 2. The van der Waals surface area contributed by atoms with E-state index in [9.17, 15) is 4.79 Å². The number of carbonyl (C=O) groups is 1. The van der Waals surface area contributed by atoms with Gasteiger partial charge in [0.1, 0.15) is 11.9 Å². The number of urea groups is 1. The molecule has 2 aliphatic rings. The van der Waals surface area contributed by atoms with Crippen LogP contribution in [0.4, 0.5) is 10.5 Å². The number of amides is 2. The zero-order valence-corrected chi connectivity index (χ0v) is 15.2. The van der Waals surface area contributed by atoms with E-state index in [2.05, 4.69) is 35.3 Å². The van der Waals surface area contributed by atoms with E-state index in [-0.39, 0.29) is 12.2 Å². The van der Waals surface area contributed by atoms with Crippen LogP contribution in [0.2, 0.25) is 0 Å². The van der Waals surface area contributed by atoms with E-state index in [1.54, 1.807) is 7.11 Å². The minimum Gasteiger partial charge on any atom is -0.497 e. The minimum absolute atomic E-state index is 0.0460. The fourth-order valence-electron chi connectivity index (χ4n) is 4.20. The lowest BCUT2D eigenvalue weighted by Gasteiger charge is -2.28. The van der Waals surface area contributed by atoms with Gasteiger partial charge in [0.25, 0.3) is 0 Å². The predicted octanol–water partition coefficient (Wildman–Crippen LogP) is 4.41. The standard InChI is InChI=1S/C22H21N3O2/c1-27-18-12-10-17(11-13-18)21-23-14-5-15-24(23)22(26)25(21)20-9-4-7-16-6-2-3-8-19(16)20/h2-4,6-13,21H,5,14-15H2,1H3/t21-/m0/s1. The minimum atomic E-state index is -0.142. The Kier molecular flexibility index (Phi) is 3.76. The third kappa shape index (κ3) is 2.46. The van der Waals surface area contributed by atoms with Crippen molar-refractivity contribution < 1.29 is 9.53 Å². The maximum absolute atomic E-state index is 13.3. The summed E-state index contributed by atoms with van der Waals surface area (Å²) in [6.07, 6.45) is 0.860. The normalized spacial score (nSPS) is 19.7. The van der Waals surface area contributed by atoms with Crippen LogP contribution < -0.4 is 9.64 Å². The number of hydrazine groups is 1. The zero-order chi connectivity index (χ0) is 18.4. The van der Waals surface area contributed by atoms with Crippen molar-refractivity contribution in [3.05, 3.63) is 72.3 Å². The van der Waals surface area contributed by atoms with Crippen molar-refractivity contribution in [1.82, 2.24) is 10.0 Å². The quantitative estimate of drug-likeness (QED) is 0.695. The largest absolute Gasteiger partial charge is 0.497 e. The fraction of sp³-hybridized carbons (Fsp3) is 0.227. The molecule has 2 aliphatic heterocycles. The van der Waals surface area contributed by atoms with Crippen molar-refractivity contribution in [2.75, 3.05) is 25.1 Å². The molecule has 5 nitrogen and oxygen atoms in total. The number of hydrogen-bond acceptors (Lipinski definition) is 3. The molecular weight excluding hydrogens is 338 g/mol. The molecule has 1 atom stereocenters. The highest BCUT2D eigenvalue weighted by molar-refractivity contribution is 6.04. The van der Waals surface area contributed by atoms with Gasteiger partial charge in [-0.2, -0.15) is 5.01 Å². The van der Waals surface area contributed by atoms with Gasteiger partial charge >= 0.3 is 6.03 Å². The Labute approximate surface area is 158 Å². The topological polar surface area (TPSA) is 36.0 Å². The Balaban J connectivity index is 1.66. The maximum Gasteiger partial charge on any atom is 0.340 e. The second-order valence-corrected chi connectivity index (χ2v) is 6.94. The summed E-state index contributed by atoms with van der Waals surface area (Å²) in [6.45, 7) is 1.65. The van der Waals surface area contributed by atoms with Crippen LogP contribution in [0, 0.1) is 0 Å². The van der Waals surface area contributed by atoms with Crippen LogP contribution in [-0.2, 0) is 0 Å². The smallest absolute Gasteiger partial charge is 0.340 e. The van der Waals surface area contributed by atoms with Crippen LogP contribution in [0.5, 0.6) is 5.75 Å². The van der Waals surface area contributed by atoms with Gasteiger partial charge in [0.15, 0.2) is 0 Å². The zero-order valence-electron chi connectivity index (χ0n) is 15.2. The summed E-state index contributed by atoms with van der Waals surface area (Å²) in [5.41, 5.74) is 2.04. The second-order valence-electron chi connectivity index (χ2n) is 6.94. The number of rotatable bonds is 3. The van der Waals surface area contributed by atoms with Crippen molar-refractivity contribution >= 4 is 22.5 Å². The van der Waals surface area contributed by atoms with Crippen molar-refractivity contribution in [2.45, 2.75) is 12.6 Å². The van der Waals surface area contributed by atoms with Crippen LogP contribution in [0.15, 0.2) is 66.7 Å². The Morgan fingerprint density at radius 1 is 0.926 bits per heavy atom. The molecule has 2 fully saturated rings.